The second-order valence-electron chi connectivity index (χ2n) is 4.74. The monoisotopic (exact) mass is 359 g/mol. The van der Waals surface area contributed by atoms with Gasteiger partial charge in [-0.05, 0) is 17.3 Å². The highest BCUT2D eigenvalue weighted by molar-refractivity contribution is 8.18. The quantitative estimate of drug-likeness (QED) is 0.201. The third kappa shape index (κ3) is 5.70. The standard InChI is InChI=1S/C17H17N3O4S/c1-3-8-24-11-13-7-5-4-6-12(13)10-18-20-17-19-16(22)14(25-17)9-15(21)23-2/h3-7,9-10H,1,8,11H2,2H3,(H,19,20,22)/b14-9+,18-10?. The molecular weight excluding hydrogens is 342 g/mol. The van der Waals surface area contributed by atoms with Crippen LogP contribution in [0.25, 0.3) is 0 Å². The van der Waals surface area contributed by atoms with Gasteiger partial charge in [-0.3, -0.25) is 10.1 Å². The Labute approximate surface area is 149 Å². The molecule has 130 valence electrons. The van der Waals surface area contributed by atoms with Crippen molar-refractivity contribution >= 4 is 35.0 Å². The lowest BCUT2D eigenvalue weighted by atomic mass is 10.1. The first-order chi connectivity index (χ1) is 12.1. The molecule has 25 heavy (non-hydrogen) atoms. The van der Waals surface area contributed by atoms with Crippen LogP contribution < -0.4 is 5.32 Å². The van der Waals surface area contributed by atoms with Crippen LogP contribution in [0.4, 0.5) is 0 Å². The molecule has 0 aromatic heterocycles. The van der Waals surface area contributed by atoms with E-state index in [1.165, 1.54) is 7.11 Å². The van der Waals surface area contributed by atoms with Gasteiger partial charge >= 0.3 is 5.97 Å². The summed E-state index contributed by atoms with van der Waals surface area (Å²) in [6, 6.07) is 7.61. The fourth-order valence-electron chi connectivity index (χ4n) is 1.83. The zero-order valence-corrected chi connectivity index (χ0v) is 14.4. The second kappa shape index (κ2) is 9.55. The summed E-state index contributed by atoms with van der Waals surface area (Å²) in [5, 5.41) is 10.8. The molecule has 0 aliphatic carbocycles. The van der Waals surface area contributed by atoms with Gasteiger partial charge in [0, 0.05) is 11.6 Å². The van der Waals surface area contributed by atoms with Gasteiger partial charge < -0.3 is 9.47 Å². The van der Waals surface area contributed by atoms with E-state index in [1.807, 2.05) is 24.3 Å². The zero-order valence-electron chi connectivity index (χ0n) is 13.6. The van der Waals surface area contributed by atoms with Gasteiger partial charge in [0.05, 0.1) is 31.4 Å². The molecule has 1 saturated heterocycles. The highest BCUT2D eigenvalue weighted by Gasteiger charge is 2.24. The Balaban J connectivity index is 2.05. The molecular formula is C17H17N3O4S. The molecule has 0 radical (unpaired) electrons. The molecule has 8 heteroatoms. The number of rotatable bonds is 7. The van der Waals surface area contributed by atoms with E-state index in [2.05, 4.69) is 26.8 Å². The molecule has 1 aromatic rings. The summed E-state index contributed by atoms with van der Waals surface area (Å²) in [6.45, 7) is 4.50. The van der Waals surface area contributed by atoms with Crippen LogP contribution >= 0.6 is 11.8 Å². The number of ether oxygens (including phenoxy) is 2. The lowest BCUT2D eigenvalue weighted by Gasteiger charge is -2.04. The minimum Gasteiger partial charge on any atom is -0.466 e. The molecule has 1 amide bonds. The van der Waals surface area contributed by atoms with Gasteiger partial charge in [-0.25, -0.2) is 4.79 Å². The van der Waals surface area contributed by atoms with Crippen molar-refractivity contribution in [2.45, 2.75) is 6.61 Å². The molecule has 0 bridgehead atoms. The highest BCUT2D eigenvalue weighted by atomic mass is 32.2. The van der Waals surface area contributed by atoms with Crippen LogP contribution in [0, 0.1) is 0 Å². The molecule has 1 heterocycles. The number of benzene rings is 1. The summed E-state index contributed by atoms with van der Waals surface area (Å²) in [4.78, 5) is 23.1. The van der Waals surface area contributed by atoms with E-state index < -0.39 is 11.9 Å². The Kier molecular flexibility index (Phi) is 7.12. The third-order valence-electron chi connectivity index (χ3n) is 2.99. The van der Waals surface area contributed by atoms with Gasteiger partial charge in [-0.2, -0.15) is 5.10 Å². The summed E-state index contributed by atoms with van der Waals surface area (Å²) in [5.41, 5.74) is 1.82. The number of nitrogens with zero attached hydrogens (tertiary/aromatic N) is 2. The normalized spacial score (nSPS) is 17.2. The third-order valence-corrected chi connectivity index (χ3v) is 3.89. The number of nitrogens with one attached hydrogen (secondary N) is 1. The second-order valence-corrected chi connectivity index (χ2v) is 5.77. The van der Waals surface area contributed by atoms with Crippen molar-refractivity contribution in [3.63, 3.8) is 0 Å². The van der Waals surface area contributed by atoms with E-state index in [-0.39, 0.29) is 10.1 Å². The molecule has 0 spiro atoms. The van der Waals surface area contributed by atoms with Crippen LogP contribution in [-0.2, 0) is 25.7 Å². The van der Waals surface area contributed by atoms with Gasteiger partial charge in [0.25, 0.3) is 5.91 Å². The molecule has 0 saturated carbocycles. The lowest BCUT2D eigenvalue weighted by Crippen LogP contribution is -2.19. The van der Waals surface area contributed by atoms with Crippen molar-refractivity contribution < 1.29 is 19.1 Å². The van der Waals surface area contributed by atoms with E-state index in [9.17, 15) is 9.59 Å². The zero-order chi connectivity index (χ0) is 18.1. The van der Waals surface area contributed by atoms with E-state index in [0.717, 1.165) is 29.0 Å². The van der Waals surface area contributed by atoms with Crippen molar-refractivity contribution in [1.82, 2.24) is 5.32 Å². The van der Waals surface area contributed by atoms with Crippen LogP contribution in [0.15, 0.2) is 58.1 Å². The van der Waals surface area contributed by atoms with Crippen LogP contribution in [0.3, 0.4) is 0 Å². The van der Waals surface area contributed by atoms with Crippen molar-refractivity contribution in [2.75, 3.05) is 13.7 Å². The Morgan fingerprint density at radius 2 is 2.20 bits per heavy atom. The average Bonchev–Trinajstić information content (AvgIpc) is 2.96. The largest absolute Gasteiger partial charge is 0.466 e. The number of carbonyl (C=O) groups excluding carboxylic acids is 2. The fraction of sp³-hybridized carbons (Fsp3) is 0.176. The van der Waals surface area contributed by atoms with E-state index in [4.69, 9.17) is 4.74 Å². The maximum absolute atomic E-state index is 11.7. The SMILES string of the molecule is C=CCOCc1ccccc1C=N/N=C1/NC(=O)/C(=C\C(=O)OC)S1. The van der Waals surface area contributed by atoms with E-state index in [1.54, 1.807) is 12.3 Å². The van der Waals surface area contributed by atoms with Crippen LogP contribution in [-0.4, -0.2) is 37.0 Å². The molecule has 0 unspecified atom stereocenters. The molecule has 1 aromatic carbocycles. The first kappa shape index (κ1) is 18.6. The van der Waals surface area contributed by atoms with Crippen molar-refractivity contribution in [2.24, 2.45) is 10.2 Å². The molecule has 0 atom stereocenters. The van der Waals surface area contributed by atoms with Crippen molar-refractivity contribution in [3.8, 4) is 0 Å². The predicted octanol–water partition coefficient (Wildman–Crippen LogP) is 2.00. The summed E-state index contributed by atoms with van der Waals surface area (Å²) >= 11 is 1.02. The Hall–Kier alpha value is -2.71. The Bertz CT molecular complexity index is 756. The Morgan fingerprint density at radius 1 is 1.40 bits per heavy atom. The van der Waals surface area contributed by atoms with Gasteiger partial charge in [-0.1, -0.05) is 30.3 Å². The van der Waals surface area contributed by atoms with Crippen LogP contribution in [0.1, 0.15) is 11.1 Å². The van der Waals surface area contributed by atoms with E-state index >= 15 is 0 Å². The summed E-state index contributed by atoms with van der Waals surface area (Å²) in [7, 11) is 1.24. The topological polar surface area (TPSA) is 89.4 Å². The molecule has 1 aliphatic heterocycles. The van der Waals surface area contributed by atoms with E-state index in [0.29, 0.717) is 13.2 Å². The highest BCUT2D eigenvalue weighted by Crippen LogP contribution is 2.23. The number of thioether (sulfide) groups is 1. The van der Waals surface area contributed by atoms with Gasteiger partial charge in [0.1, 0.15) is 0 Å². The molecule has 7 nitrogen and oxygen atoms in total. The number of esters is 1. The molecule has 1 N–H and O–H groups in total. The summed E-state index contributed by atoms with van der Waals surface area (Å²) < 4.78 is 9.93. The van der Waals surface area contributed by atoms with Crippen LogP contribution in [0.5, 0.6) is 0 Å². The van der Waals surface area contributed by atoms with Crippen LogP contribution in [0.2, 0.25) is 0 Å². The number of hydrogen-bond acceptors (Lipinski definition) is 7. The summed E-state index contributed by atoms with van der Waals surface area (Å²) in [6.07, 6.45) is 4.37. The molecule has 1 aliphatic rings. The van der Waals surface area contributed by atoms with Gasteiger partial charge in [-0.15, -0.1) is 11.7 Å². The molecule has 2 rings (SSSR count). The Morgan fingerprint density at radius 3 is 2.96 bits per heavy atom. The summed E-state index contributed by atoms with van der Waals surface area (Å²) in [5.74, 6) is -1.02. The first-order valence-electron chi connectivity index (χ1n) is 7.30. The predicted molar refractivity (Wildman–Crippen MR) is 97.2 cm³/mol. The first-order valence-corrected chi connectivity index (χ1v) is 8.12. The maximum atomic E-state index is 11.7. The number of amides is 1. The number of hydrogen-bond donors (Lipinski definition) is 1. The number of methoxy groups -OCH3 is 1. The minimum absolute atomic E-state index is 0.207. The number of carbonyl (C=O) groups is 2. The van der Waals surface area contributed by atoms with Gasteiger partial charge in [0.15, 0.2) is 5.17 Å². The maximum Gasteiger partial charge on any atom is 0.331 e. The van der Waals surface area contributed by atoms with Gasteiger partial charge in [0.2, 0.25) is 0 Å². The smallest absolute Gasteiger partial charge is 0.331 e. The van der Waals surface area contributed by atoms with Crippen molar-refractivity contribution in [3.05, 3.63) is 59.0 Å². The lowest BCUT2D eigenvalue weighted by molar-refractivity contribution is -0.135. The number of amidine groups is 1. The molecule has 1 fully saturated rings. The fourth-order valence-corrected chi connectivity index (χ4v) is 2.57. The van der Waals surface area contributed by atoms with Crippen molar-refractivity contribution in [1.29, 1.82) is 0 Å². The minimum atomic E-state index is -0.601. The average molecular weight is 359 g/mol.